The summed E-state index contributed by atoms with van der Waals surface area (Å²) in [7, 11) is -3.76. The van der Waals surface area contributed by atoms with Gasteiger partial charge in [0.2, 0.25) is 15.9 Å². The van der Waals surface area contributed by atoms with Crippen LogP contribution in [0, 0.1) is 5.82 Å². The maximum Gasteiger partial charge on any atom is 0.243 e. The fourth-order valence-electron chi connectivity index (χ4n) is 3.17. The van der Waals surface area contributed by atoms with E-state index in [4.69, 9.17) is 0 Å². The second-order valence-corrected chi connectivity index (χ2v) is 8.69. The van der Waals surface area contributed by atoms with E-state index in [9.17, 15) is 17.6 Å². The Morgan fingerprint density at radius 1 is 1.07 bits per heavy atom. The van der Waals surface area contributed by atoms with Crippen molar-refractivity contribution >= 4 is 15.9 Å². The number of sulfonamides is 1. The Morgan fingerprint density at radius 3 is 2.39 bits per heavy atom. The number of rotatable bonds is 6. The number of hydrogen-bond acceptors (Lipinski definition) is 4. The Bertz CT molecular complexity index is 913. The molecule has 150 valence electrons. The van der Waals surface area contributed by atoms with E-state index in [-0.39, 0.29) is 36.5 Å². The third-order valence-electron chi connectivity index (χ3n) is 4.88. The molecule has 1 atom stereocenters. The summed E-state index contributed by atoms with van der Waals surface area (Å²) in [5, 5.41) is 3.20. The number of nitrogens with zero attached hydrogens (tertiary/aromatic N) is 2. The molecule has 0 aliphatic carbocycles. The Hall–Kier alpha value is -2.29. The van der Waals surface area contributed by atoms with E-state index >= 15 is 0 Å². The molecule has 1 heterocycles. The highest BCUT2D eigenvalue weighted by molar-refractivity contribution is 7.89. The van der Waals surface area contributed by atoms with E-state index < -0.39 is 15.8 Å². The summed E-state index contributed by atoms with van der Waals surface area (Å²) in [4.78, 5) is 14.0. The van der Waals surface area contributed by atoms with Crippen LogP contribution in [0.3, 0.4) is 0 Å². The van der Waals surface area contributed by atoms with Gasteiger partial charge in [-0.3, -0.25) is 4.79 Å². The average molecular weight is 405 g/mol. The minimum absolute atomic E-state index is 0.0415. The lowest BCUT2D eigenvalue weighted by molar-refractivity contribution is -0.131. The van der Waals surface area contributed by atoms with Crippen molar-refractivity contribution in [2.24, 2.45) is 0 Å². The first-order chi connectivity index (χ1) is 13.4. The molecular weight excluding hydrogens is 381 g/mol. The van der Waals surface area contributed by atoms with Gasteiger partial charge in [0.25, 0.3) is 0 Å². The normalized spacial score (nSPS) is 16.7. The van der Waals surface area contributed by atoms with E-state index in [1.165, 1.54) is 22.5 Å². The number of benzene rings is 2. The Morgan fingerprint density at radius 2 is 1.75 bits per heavy atom. The molecule has 1 N–H and O–H groups in total. The van der Waals surface area contributed by atoms with Gasteiger partial charge in [0.15, 0.2) is 0 Å². The van der Waals surface area contributed by atoms with Crippen molar-refractivity contribution < 1.29 is 17.6 Å². The highest BCUT2D eigenvalue weighted by Crippen LogP contribution is 2.18. The second kappa shape index (κ2) is 8.81. The smallest absolute Gasteiger partial charge is 0.243 e. The number of piperazine rings is 1. The number of carbonyl (C=O) groups excluding carboxylic acids is 1. The molecule has 0 bridgehead atoms. The van der Waals surface area contributed by atoms with Gasteiger partial charge in [-0.25, -0.2) is 12.8 Å². The zero-order valence-electron chi connectivity index (χ0n) is 15.7. The van der Waals surface area contributed by atoms with Crippen molar-refractivity contribution in [3.8, 4) is 0 Å². The molecule has 6 nitrogen and oxygen atoms in total. The fraction of sp³-hybridized carbons (Fsp3) is 0.350. The van der Waals surface area contributed by atoms with Gasteiger partial charge in [-0.05, 0) is 30.7 Å². The molecule has 0 spiro atoms. The van der Waals surface area contributed by atoms with E-state index in [1.54, 1.807) is 4.90 Å². The molecule has 1 aliphatic heterocycles. The van der Waals surface area contributed by atoms with Crippen LogP contribution in [0.15, 0.2) is 59.5 Å². The van der Waals surface area contributed by atoms with Gasteiger partial charge in [-0.2, -0.15) is 4.31 Å². The summed E-state index contributed by atoms with van der Waals surface area (Å²) in [6.45, 7) is 3.19. The molecular formula is C20H24FN3O3S. The molecule has 3 rings (SSSR count). The molecule has 0 unspecified atom stereocenters. The molecule has 1 fully saturated rings. The average Bonchev–Trinajstić information content (AvgIpc) is 2.72. The highest BCUT2D eigenvalue weighted by Gasteiger charge is 2.30. The van der Waals surface area contributed by atoms with Gasteiger partial charge in [-0.15, -0.1) is 0 Å². The van der Waals surface area contributed by atoms with E-state index in [2.05, 4.69) is 5.32 Å². The van der Waals surface area contributed by atoms with Crippen molar-refractivity contribution in [3.05, 3.63) is 66.0 Å². The van der Waals surface area contributed by atoms with E-state index in [0.717, 1.165) is 11.6 Å². The first-order valence-electron chi connectivity index (χ1n) is 9.20. The summed E-state index contributed by atoms with van der Waals surface area (Å²) in [5.41, 5.74) is 1.10. The molecule has 2 aromatic rings. The number of halogens is 1. The van der Waals surface area contributed by atoms with E-state index in [0.29, 0.717) is 13.1 Å². The molecule has 1 amide bonds. The lowest BCUT2D eigenvalue weighted by Crippen LogP contribution is -2.52. The van der Waals surface area contributed by atoms with E-state index in [1.807, 2.05) is 37.3 Å². The second-order valence-electron chi connectivity index (χ2n) is 6.76. The third-order valence-corrected chi connectivity index (χ3v) is 6.78. The first-order valence-corrected chi connectivity index (χ1v) is 10.6. The monoisotopic (exact) mass is 405 g/mol. The molecule has 28 heavy (non-hydrogen) atoms. The zero-order valence-corrected chi connectivity index (χ0v) is 16.5. The molecule has 1 saturated heterocycles. The van der Waals surface area contributed by atoms with Gasteiger partial charge in [0, 0.05) is 32.2 Å². The number of hydrogen-bond donors (Lipinski definition) is 1. The quantitative estimate of drug-likeness (QED) is 0.798. The Balaban J connectivity index is 1.52. The van der Waals surface area contributed by atoms with Crippen molar-refractivity contribution in [2.75, 3.05) is 32.7 Å². The zero-order chi connectivity index (χ0) is 20.1. The SMILES string of the molecule is C[C@H](NCC(=O)N1CCN(S(=O)(=O)c2cccc(F)c2)CC1)c1ccccc1. The lowest BCUT2D eigenvalue weighted by Gasteiger charge is -2.34. The summed E-state index contributed by atoms with van der Waals surface area (Å²) >= 11 is 0. The van der Waals surface area contributed by atoms with Crippen LogP contribution in [0.5, 0.6) is 0 Å². The largest absolute Gasteiger partial charge is 0.339 e. The number of carbonyl (C=O) groups is 1. The van der Waals surface area contributed by atoms with Gasteiger partial charge >= 0.3 is 0 Å². The van der Waals surface area contributed by atoms with Crippen molar-refractivity contribution in [3.63, 3.8) is 0 Å². The van der Waals surface area contributed by atoms with Crippen LogP contribution in [0.1, 0.15) is 18.5 Å². The Kier molecular flexibility index (Phi) is 6.43. The molecule has 0 radical (unpaired) electrons. The maximum absolute atomic E-state index is 13.4. The van der Waals surface area contributed by atoms with Crippen LogP contribution in [0.4, 0.5) is 4.39 Å². The standard InChI is InChI=1S/C20H24FN3O3S/c1-16(17-6-3-2-4-7-17)22-15-20(25)23-10-12-24(13-11-23)28(26,27)19-9-5-8-18(21)14-19/h2-9,14,16,22H,10-13,15H2,1H3/t16-/m0/s1. The first kappa shape index (κ1) is 20.4. The number of nitrogens with one attached hydrogen (secondary N) is 1. The fourth-order valence-corrected chi connectivity index (χ4v) is 4.62. The van der Waals surface area contributed by atoms with Crippen molar-refractivity contribution in [1.29, 1.82) is 0 Å². The molecule has 8 heteroatoms. The van der Waals surface area contributed by atoms with Gasteiger partial charge in [0.1, 0.15) is 5.82 Å². The molecule has 0 aromatic heterocycles. The predicted molar refractivity (Wildman–Crippen MR) is 105 cm³/mol. The Labute approximate surface area is 165 Å². The van der Waals surface area contributed by atoms with Crippen LogP contribution in [0.25, 0.3) is 0 Å². The maximum atomic E-state index is 13.4. The summed E-state index contributed by atoms with van der Waals surface area (Å²) in [6.07, 6.45) is 0. The predicted octanol–water partition coefficient (Wildman–Crippen LogP) is 2.01. The third kappa shape index (κ3) is 4.76. The summed E-state index contributed by atoms with van der Waals surface area (Å²) in [6, 6.07) is 14.9. The lowest BCUT2D eigenvalue weighted by atomic mass is 10.1. The highest BCUT2D eigenvalue weighted by atomic mass is 32.2. The van der Waals surface area contributed by atoms with Crippen LogP contribution in [-0.4, -0.2) is 56.3 Å². The van der Waals surface area contributed by atoms with Crippen molar-refractivity contribution in [1.82, 2.24) is 14.5 Å². The number of amides is 1. The van der Waals surface area contributed by atoms with Crippen LogP contribution >= 0.6 is 0 Å². The van der Waals surface area contributed by atoms with Crippen LogP contribution < -0.4 is 5.32 Å². The topological polar surface area (TPSA) is 69.7 Å². The van der Waals surface area contributed by atoms with Crippen LogP contribution in [-0.2, 0) is 14.8 Å². The van der Waals surface area contributed by atoms with Crippen molar-refractivity contribution in [2.45, 2.75) is 17.9 Å². The molecule has 0 saturated carbocycles. The van der Waals surface area contributed by atoms with Gasteiger partial charge < -0.3 is 10.2 Å². The van der Waals surface area contributed by atoms with Gasteiger partial charge in [0.05, 0.1) is 11.4 Å². The summed E-state index contributed by atoms with van der Waals surface area (Å²) in [5.74, 6) is -0.654. The molecule has 2 aromatic carbocycles. The minimum atomic E-state index is -3.76. The minimum Gasteiger partial charge on any atom is -0.339 e. The summed E-state index contributed by atoms with van der Waals surface area (Å²) < 4.78 is 39.9. The van der Waals surface area contributed by atoms with Gasteiger partial charge in [-0.1, -0.05) is 36.4 Å². The molecule has 1 aliphatic rings. The van der Waals surface area contributed by atoms with Crippen LogP contribution in [0.2, 0.25) is 0 Å².